The van der Waals surface area contributed by atoms with Crippen LogP contribution in [0.25, 0.3) is 0 Å². The number of carbonyl (C=O) groups excluding carboxylic acids is 1. The molecule has 0 saturated heterocycles. The molecule has 0 aliphatic rings. The van der Waals surface area contributed by atoms with Gasteiger partial charge in [0.15, 0.2) is 5.60 Å². The molecule has 21 heavy (non-hydrogen) atoms. The first-order valence-corrected chi connectivity index (χ1v) is 5.44. The van der Waals surface area contributed by atoms with Gasteiger partial charge >= 0.3 is 11.7 Å². The molecule has 0 aromatic heterocycles. The smallest absolute Gasteiger partial charge is 0.337 e. The molecule has 1 aromatic rings. The second-order valence-corrected chi connectivity index (χ2v) is 4.27. The number of halogens is 2. The van der Waals surface area contributed by atoms with E-state index in [0.29, 0.717) is 12.1 Å². The largest absolute Gasteiger partial charge is 0.479 e. The van der Waals surface area contributed by atoms with Gasteiger partial charge in [-0.25, -0.2) is 9.18 Å². The maximum absolute atomic E-state index is 13.7. The Bertz CT molecular complexity index is 617. The van der Waals surface area contributed by atoms with E-state index in [2.05, 4.69) is 0 Å². The maximum atomic E-state index is 13.7. The summed E-state index contributed by atoms with van der Waals surface area (Å²) in [5, 5.41) is 30.3. The molecular weight excluding hydrogens is 294 g/mol. The van der Waals surface area contributed by atoms with E-state index in [9.17, 15) is 33.6 Å². The van der Waals surface area contributed by atoms with Gasteiger partial charge in [0.05, 0.1) is 11.5 Å². The van der Waals surface area contributed by atoms with Crippen LogP contribution in [0.4, 0.5) is 14.5 Å². The van der Waals surface area contributed by atoms with Gasteiger partial charge < -0.3 is 15.5 Å². The quantitative estimate of drug-likeness (QED) is 0.534. The van der Waals surface area contributed by atoms with Crippen molar-refractivity contribution in [1.29, 1.82) is 0 Å². The molecule has 0 aliphatic carbocycles. The highest BCUT2D eigenvalue weighted by atomic mass is 19.1. The van der Waals surface area contributed by atoms with Gasteiger partial charge in [-0.05, 0) is 13.0 Å². The summed E-state index contributed by atoms with van der Waals surface area (Å²) in [4.78, 5) is 31.6. The first-order chi connectivity index (χ1) is 9.58. The van der Waals surface area contributed by atoms with Gasteiger partial charge in [-0.1, -0.05) is 0 Å². The summed E-state index contributed by atoms with van der Waals surface area (Å²) in [7, 11) is 0. The minimum Gasteiger partial charge on any atom is -0.479 e. The normalized spacial score (nSPS) is 13.3. The summed E-state index contributed by atoms with van der Waals surface area (Å²) in [6.07, 6.45) is 0. The zero-order valence-corrected chi connectivity index (χ0v) is 10.6. The van der Waals surface area contributed by atoms with Gasteiger partial charge in [-0.3, -0.25) is 14.9 Å². The summed E-state index contributed by atoms with van der Waals surface area (Å²) >= 11 is 0. The molecule has 0 fully saturated rings. The molecule has 8 nitrogen and oxygen atoms in total. The summed E-state index contributed by atoms with van der Waals surface area (Å²) in [6, 6.07) is 1.08. The summed E-state index contributed by atoms with van der Waals surface area (Å²) in [5.41, 5.74) is -4.69. The van der Waals surface area contributed by atoms with Gasteiger partial charge in [-0.15, -0.1) is 0 Å². The molecular formula is C11H10F2N2O6. The van der Waals surface area contributed by atoms with Crippen molar-refractivity contribution >= 4 is 17.6 Å². The number of benzene rings is 1. The van der Waals surface area contributed by atoms with Crippen molar-refractivity contribution in [3.05, 3.63) is 39.4 Å². The van der Waals surface area contributed by atoms with E-state index >= 15 is 0 Å². The highest BCUT2D eigenvalue weighted by Crippen LogP contribution is 2.23. The number of nitrogens with zero attached hydrogens (tertiary/aromatic N) is 1. The van der Waals surface area contributed by atoms with Gasteiger partial charge in [-0.2, -0.15) is 4.39 Å². The fourth-order valence-electron chi connectivity index (χ4n) is 1.31. The number of hydrogen-bond acceptors (Lipinski definition) is 5. The van der Waals surface area contributed by atoms with Crippen molar-refractivity contribution in [2.45, 2.75) is 12.5 Å². The number of hydrogen-bond donors (Lipinski definition) is 3. The molecule has 0 aliphatic heterocycles. The van der Waals surface area contributed by atoms with Crippen LogP contribution in [0.5, 0.6) is 0 Å². The number of nitrogens with one attached hydrogen (secondary N) is 1. The molecule has 1 amide bonds. The first kappa shape index (κ1) is 16.4. The topological polar surface area (TPSA) is 130 Å². The van der Waals surface area contributed by atoms with Crippen molar-refractivity contribution in [2.75, 3.05) is 6.54 Å². The van der Waals surface area contributed by atoms with Crippen LogP contribution in [-0.4, -0.2) is 39.2 Å². The van der Waals surface area contributed by atoms with Crippen LogP contribution in [0.1, 0.15) is 17.3 Å². The second kappa shape index (κ2) is 5.79. The van der Waals surface area contributed by atoms with Crippen molar-refractivity contribution in [1.82, 2.24) is 5.32 Å². The number of aliphatic carboxylic acids is 1. The Morgan fingerprint density at radius 3 is 2.48 bits per heavy atom. The van der Waals surface area contributed by atoms with E-state index in [0.717, 1.165) is 6.92 Å². The molecule has 3 N–H and O–H groups in total. The van der Waals surface area contributed by atoms with Crippen molar-refractivity contribution in [3.63, 3.8) is 0 Å². The van der Waals surface area contributed by atoms with E-state index in [1.54, 1.807) is 5.32 Å². The Balaban J connectivity index is 3.06. The molecule has 114 valence electrons. The number of nitro benzene ring substituents is 1. The third-order valence-electron chi connectivity index (χ3n) is 2.55. The minimum atomic E-state index is -2.36. The number of aliphatic hydroxyl groups is 1. The third-order valence-corrected chi connectivity index (χ3v) is 2.55. The molecule has 0 heterocycles. The molecule has 10 heteroatoms. The number of nitro groups is 1. The van der Waals surface area contributed by atoms with Gasteiger partial charge in [0.1, 0.15) is 11.4 Å². The van der Waals surface area contributed by atoms with E-state index in [-0.39, 0.29) is 0 Å². The summed E-state index contributed by atoms with van der Waals surface area (Å²) < 4.78 is 27.1. The zero-order chi connectivity index (χ0) is 16.4. The lowest BCUT2D eigenvalue weighted by molar-refractivity contribution is -0.387. The van der Waals surface area contributed by atoms with Gasteiger partial charge in [0.25, 0.3) is 5.91 Å². The Kier molecular flexibility index (Phi) is 4.53. The maximum Gasteiger partial charge on any atom is 0.337 e. The molecule has 0 bridgehead atoms. The molecule has 0 saturated carbocycles. The Morgan fingerprint density at radius 2 is 2.00 bits per heavy atom. The van der Waals surface area contributed by atoms with Crippen LogP contribution >= 0.6 is 0 Å². The van der Waals surface area contributed by atoms with E-state index in [1.807, 2.05) is 0 Å². The number of amides is 1. The monoisotopic (exact) mass is 304 g/mol. The Labute approximate surface area is 116 Å². The molecule has 1 unspecified atom stereocenters. The van der Waals surface area contributed by atoms with Gasteiger partial charge in [0.2, 0.25) is 5.82 Å². The predicted molar refractivity (Wildman–Crippen MR) is 63.6 cm³/mol. The Hall–Kier alpha value is -2.62. The number of carbonyl (C=O) groups is 2. The zero-order valence-electron chi connectivity index (χ0n) is 10.6. The van der Waals surface area contributed by atoms with Crippen molar-refractivity contribution in [2.24, 2.45) is 0 Å². The van der Waals surface area contributed by atoms with E-state index in [1.165, 1.54) is 0 Å². The Morgan fingerprint density at radius 1 is 1.43 bits per heavy atom. The lowest BCUT2D eigenvalue weighted by Gasteiger charge is -2.18. The molecule has 1 aromatic carbocycles. The lowest BCUT2D eigenvalue weighted by Crippen LogP contribution is -2.46. The second-order valence-electron chi connectivity index (χ2n) is 4.27. The van der Waals surface area contributed by atoms with Crippen LogP contribution in [0.2, 0.25) is 0 Å². The average molecular weight is 304 g/mol. The van der Waals surface area contributed by atoms with Crippen LogP contribution in [0, 0.1) is 21.7 Å². The fraction of sp³-hybridized carbons (Fsp3) is 0.273. The number of rotatable bonds is 5. The summed E-state index contributed by atoms with van der Waals surface area (Å²) in [5.74, 6) is -6.13. The SMILES string of the molecule is CC(O)(CNC(=O)c1c(F)ccc([N+](=O)[O-])c1F)C(=O)O. The lowest BCUT2D eigenvalue weighted by atomic mass is 10.1. The molecule has 1 atom stereocenters. The first-order valence-electron chi connectivity index (χ1n) is 5.44. The third kappa shape index (κ3) is 3.48. The number of carboxylic acids is 1. The summed E-state index contributed by atoms with van der Waals surface area (Å²) in [6.45, 7) is 0.0124. The number of carboxylic acid groups (broad SMARTS) is 1. The minimum absolute atomic E-state index is 0.533. The average Bonchev–Trinajstić information content (AvgIpc) is 2.35. The molecule has 1 rings (SSSR count). The highest BCUT2D eigenvalue weighted by Gasteiger charge is 2.32. The van der Waals surface area contributed by atoms with Crippen molar-refractivity contribution in [3.8, 4) is 0 Å². The van der Waals surface area contributed by atoms with E-state index < -0.39 is 51.8 Å². The van der Waals surface area contributed by atoms with Crippen LogP contribution < -0.4 is 5.32 Å². The van der Waals surface area contributed by atoms with E-state index in [4.69, 9.17) is 5.11 Å². The molecule has 0 radical (unpaired) electrons. The van der Waals surface area contributed by atoms with Gasteiger partial charge in [0, 0.05) is 6.07 Å². The van der Waals surface area contributed by atoms with Crippen LogP contribution in [-0.2, 0) is 4.79 Å². The van der Waals surface area contributed by atoms with Crippen molar-refractivity contribution < 1.29 is 33.5 Å². The highest BCUT2D eigenvalue weighted by molar-refractivity contribution is 5.95. The predicted octanol–water partition coefficient (Wildman–Crippen LogP) is 0.438. The molecule has 0 spiro atoms. The van der Waals surface area contributed by atoms with Crippen LogP contribution in [0.15, 0.2) is 12.1 Å². The fourth-order valence-corrected chi connectivity index (χ4v) is 1.31. The standard InChI is InChI=1S/C11H10F2N2O6/c1-11(19,10(17)18)4-14-9(16)7-5(12)2-3-6(8(7)13)15(20)21/h2-3,19H,4H2,1H3,(H,14,16)(H,17,18). The van der Waals surface area contributed by atoms with Crippen LogP contribution in [0.3, 0.4) is 0 Å².